The Morgan fingerprint density at radius 2 is 2.00 bits per heavy atom. The van der Waals surface area contributed by atoms with Gasteiger partial charge < -0.3 is 15.6 Å². The molecule has 1 rings (SSSR count). The largest absolute Gasteiger partial charge is 0.481 e. The average Bonchev–Trinajstić information content (AvgIpc) is 2.43. The van der Waals surface area contributed by atoms with E-state index in [0.29, 0.717) is 12.2 Å². The summed E-state index contributed by atoms with van der Waals surface area (Å²) in [6, 6.07) is 6.87. The molecular weight excluding hydrogens is 278 g/mol. The topological polar surface area (TPSA) is 89.6 Å². The monoisotopic (exact) mass is 297 g/mol. The van der Waals surface area contributed by atoms with Crippen molar-refractivity contribution in [2.75, 3.05) is 12.9 Å². The van der Waals surface area contributed by atoms with Gasteiger partial charge in [0.2, 0.25) is 0 Å². The van der Waals surface area contributed by atoms with E-state index in [9.17, 15) is 9.59 Å². The molecule has 0 heterocycles. The van der Waals surface area contributed by atoms with Gasteiger partial charge in [0.05, 0.1) is 13.5 Å². The Morgan fingerprint density at radius 1 is 1.35 bits per heavy atom. The first-order valence-corrected chi connectivity index (χ1v) is 7.39. The lowest BCUT2D eigenvalue weighted by Crippen LogP contribution is -2.31. The number of hydrogen-bond acceptors (Lipinski definition) is 5. The number of methoxy groups -OCH3 is 1. The van der Waals surface area contributed by atoms with Crippen LogP contribution in [0.5, 0.6) is 0 Å². The van der Waals surface area contributed by atoms with Crippen LogP contribution in [-0.2, 0) is 26.5 Å². The number of carbonyl (C=O) groups excluding carboxylic acids is 1. The predicted octanol–water partition coefficient (Wildman–Crippen LogP) is 1.44. The summed E-state index contributed by atoms with van der Waals surface area (Å²) < 4.78 is 4.55. The quantitative estimate of drug-likeness (QED) is 0.557. The van der Waals surface area contributed by atoms with E-state index in [-0.39, 0.29) is 6.42 Å². The van der Waals surface area contributed by atoms with Crippen LogP contribution in [0, 0.1) is 0 Å². The van der Waals surface area contributed by atoms with Crippen LogP contribution in [0.15, 0.2) is 24.3 Å². The summed E-state index contributed by atoms with van der Waals surface area (Å²) in [5.41, 5.74) is 7.47. The van der Waals surface area contributed by atoms with Crippen LogP contribution >= 0.6 is 11.8 Å². The SMILES string of the molecule is COC(=O)C(N)CCSCc1ccccc1CC(=O)O. The molecule has 20 heavy (non-hydrogen) atoms. The third-order valence-electron chi connectivity index (χ3n) is 2.79. The van der Waals surface area contributed by atoms with Crippen molar-refractivity contribution >= 4 is 23.7 Å². The van der Waals surface area contributed by atoms with Crippen LogP contribution in [0.1, 0.15) is 17.5 Å². The van der Waals surface area contributed by atoms with Gasteiger partial charge in [0.15, 0.2) is 0 Å². The Bertz CT molecular complexity index is 464. The second kappa shape index (κ2) is 8.60. The van der Waals surface area contributed by atoms with Crippen LogP contribution in [-0.4, -0.2) is 35.9 Å². The van der Waals surface area contributed by atoms with Gasteiger partial charge in [-0.25, -0.2) is 0 Å². The molecule has 0 fully saturated rings. The Kier molecular flexibility index (Phi) is 7.11. The Morgan fingerprint density at radius 3 is 2.60 bits per heavy atom. The number of aliphatic carboxylic acids is 1. The summed E-state index contributed by atoms with van der Waals surface area (Å²) >= 11 is 1.62. The molecule has 6 heteroatoms. The van der Waals surface area contributed by atoms with Crippen LogP contribution in [0.4, 0.5) is 0 Å². The third kappa shape index (κ3) is 5.63. The highest BCUT2D eigenvalue weighted by atomic mass is 32.2. The van der Waals surface area contributed by atoms with Crippen molar-refractivity contribution in [1.29, 1.82) is 0 Å². The van der Waals surface area contributed by atoms with Gasteiger partial charge in [-0.2, -0.15) is 11.8 Å². The Balaban J connectivity index is 2.42. The minimum Gasteiger partial charge on any atom is -0.481 e. The first kappa shape index (κ1) is 16.5. The molecule has 1 atom stereocenters. The fourth-order valence-electron chi connectivity index (χ4n) is 1.70. The van der Waals surface area contributed by atoms with Crippen molar-refractivity contribution in [2.24, 2.45) is 5.73 Å². The fraction of sp³-hybridized carbons (Fsp3) is 0.429. The summed E-state index contributed by atoms with van der Waals surface area (Å²) in [7, 11) is 1.32. The Hall–Kier alpha value is -1.53. The molecule has 0 saturated heterocycles. The van der Waals surface area contributed by atoms with Gasteiger partial charge in [-0.05, 0) is 23.3 Å². The van der Waals surface area contributed by atoms with Gasteiger partial charge in [0.1, 0.15) is 6.04 Å². The minimum atomic E-state index is -0.838. The molecule has 0 aliphatic carbocycles. The van der Waals surface area contributed by atoms with E-state index < -0.39 is 18.0 Å². The molecule has 0 aliphatic rings. The van der Waals surface area contributed by atoms with Crippen molar-refractivity contribution in [3.63, 3.8) is 0 Å². The highest BCUT2D eigenvalue weighted by Crippen LogP contribution is 2.18. The summed E-state index contributed by atoms with van der Waals surface area (Å²) in [5, 5.41) is 8.85. The molecule has 0 spiro atoms. The highest BCUT2D eigenvalue weighted by Gasteiger charge is 2.13. The summed E-state index contributed by atoms with van der Waals surface area (Å²) in [4.78, 5) is 21.9. The van der Waals surface area contributed by atoms with E-state index in [1.165, 1.54) is 7.11 Å². The first-order chi connectivity index (χ1) is 9.54. The number of ether oxygens (including phenoxy) is 1. The maximum Gasteiger partial charge on any atom is 0.322 e. The number of benzene rings is 1. The van der Waals surface area contributed by atoms with Crippen LogP contribution in [0.25, 0.3) is 0 Å². The molecule has 0 radical (unpaired) electrons. The standard InChI is InChI=1S/C14H19NO4S/c1-19-14(18)12(15)6-7-20-9-11-5-3-2-4-10(11)8-13(16)17/h2-5,12H,6-9,15H2,1H3,(H,16,17). The van der Waals surface area contributed by atoms with Crippen molar-refractivity contribution in [3.8, 4) is 0 Å². The van der Waals surface area contributed by atoms with Crippen molar-refractivity contribution in [1.82, 2.24) is 0 Å². The number of rotatable bonds is 8. The molecule has 5 nitrogen and oxygen atoms in total. The van der Waals surface area contributed by atoms with Crippen molar-refractivity contribution in [3.05, 3.63) is 35.4 Å². The second-order valence-corrected chi connectivity index (χ2v) is 5.42. The first-order valence-electron chi connectivity index (χ1n) is 6.24. The van der Waals surface area contributed by atoms with Crippen LogP contribution in [0.3, 0.4) is 0 Å². The molecule has 1 aromatic rings. The smallest absolute Gasteiger partial charge is 0.322 e. The molecule has 1 unspecified atom stereocenters. The molecule has 110 valence electrons. The third-order valence-corrected chi connectivity index (χ3v) is 3.83. The van der Waals surface area contributed by atoms with Gasteiger partial charge in [0.25, 0.3) is 0 Å². The predicted molar refractivity (Wildman–Crippen MR) is 78.6 cm³/mol. The van der Waals surface area contributed by atoms with Gasteiger partial charge in [0, 0.05) is 5.75 Å². The zero-order valence-corrected chi connectivity index (χ0v) is 12.2. The van der Waals surface area contributed by atoms with Gasteiger partial charge in [-0.3, -0.25) is 9.59 Å². The number of carboxylic acid groups (broad SMARTS) is 1. The number of carbonyl (C=O) groups is 2. The molecule has 1 aromatic carbocycles. The molecule has 0 bridgehead atoms. The minimum absolute atomic E-state index is 0.0262. The molecule has 3 N–H and O–H groups in total. The molecule has 0 aliphatic heterocycles. The number of carboxylic acids is 1. The van der Waals surface area contributed by atoms with E-state index >= 15 is 0 Å². The van der Waals surface area contributed by atoms with Crippen molar-refractivity contribution < 1.29 is 19.4 Å². The van der Waals surface area contributed by atoms with Gasteiger partial charge >= 0.3 is 11.9 Å². The maximum absolute atomic E-state index is 11.1. The van der Waals surface area contributed by atoms with Crippen LogP contribution in [0.2, 0.25) is 0 Å². The zero-order valence-electron chi connectivity index (χ0n) is 11.4. The second-order valence-electron chi connectivity index (χ2n) is 4.31. The summed E-state index contributed by atoms with van der Waals surface area (Å²) in [6.07, 6.45) is 0.566. The van der Waals surface area contributed by atoms with Crippen LogP contribution < -0.4 is 5.73 Å². The molecule has 0 saturated carbocycles. The lowest BCUT2D eigenvalue weighted by Gasteiger charge is -2.10. The maximum atomic E-state index is 11.1. The summed E-state index contributed by atoms with van der Waals surface area (Å²) in [6.45, 7) is 0. The van der Waals surface area contributed by atoms with Gasteiger partial charge in [-0.1, -0.05) is 24.3 Å². The van der Waals surface area contributed by atoms with E-state index in [1.54, 1.807) is 11.8 Å². The zero-order chi connectivity index (χ0) is 15.0. The number of nitrogens with two attached hydrogens (primary N) is 1. The normalized spacial score (nSPS) is 11.9. The van der Waals surface area contributed by atoms with Crippen molar-refractivity contribution in [2.45, 2.75) is 24.6 Å². The van der Waals surface area contributed by atoms with E-state index in [0.717, 1.165) is 16.9 Å². The molecular formula is C14H19NO4S. The summed E-state index contributed by atoms with van der Waals surface area (Å²) in [5.74, 6) is 0.182. The Labute approximate surface area is 122 Å². The van der Waals surface area contributed by atoms with E-state index in [2.05, 4.69) is 4.74 Å². The van der Waals surface area contributed by atoms with E-state index in [1.807, 2.05) is 24.3 Å². The number of thioether (sulfide) groups is 1. The van der Waals surface area contributed by atoms with Gasteiger partial charge in [-0.15, -0.1) is 0 Å². The molecule has 0 aromatic heterocycles. The fourth-order valence-corrected chi connectivity index (χ4v) is 2.76. The lowest BCUT2D eigenvalue weighted by atomic mass is 10.1. The number of esters is 1. The average molecular weight is 297 g/mol. The lowest BCUT2D eigenvalue weighted by molar-refractivity contribution is -0.142. The number of hydrogen-bond donors (Lipinski definition) is 2. The molecule has 0 amide bonds. The van der Waals surface area contributed by atoms with E-state index in [4.69, 9.17) is 10.8 Å². The highest BCUT2D eigenvalue weighted by molar-refractivity contribution is 7.98.